The van der Waals surface area contributed by atoms with Gasteiger partial charge in [-0.25, -0.2) is 0 Å². The molecule has 4 nitrogen and oxygen atoms in total. The lowest BCUT2D eigenvalue weighted by Gasteiger charge is -2.05. The Labute approximate surface area is 117 Å². The summed E-state index contributed by atoms with van der Waals surface area (Å²) in [6.45, 7) is 0. The van der Waals surface area contributed by atoms with Crippen LogP contribution in [0.3, 0.4) is 0 Å². The minimum Gasteiger partial charge on any atom is -0.364 e. The summed E-state index contributed by atoms with van der Waals surface area (Å²) in [5.41, 5.74) is 7.20. The predicted molar refractivity (Wildman–Crippen MR) is 77.7 cm³/mol. The summed E-state index contributed by atoms with van der Waals surface area (Å²) in [7, 11) is 0. The molecule has 0 aliphatic heterocycles. The summed E-state index contributed by atoms with van der Waals surface area (Å²) in [5.74, 6) is -0.514. The number of amides is 1. The summed E-state index contributed by atoms with van der Waals surface area (Å²) in [4.78, 5) is 11.1. The largest absolute Gasteiger partial charge is 0.364 e. The van der Waals surface area contributed by atoms with Crippen molar-refractivity contribution in [3.05, 3.63) is 52.6 Å². The van der Waals surface area contributed by atoms with E-state index in [-0.39, 0.29) is 0 Å². The van der Waals surface area contributed by atoms with Crippen LogP contribution >= 0.6 is 15.9 Å². The van der Waals surface area contributed by atoms with Gasteiger partial charge in [0.05, 0.1) is 5.69 Å². The van der Waals surface area contributed by atoms with Gasteiger partial charge in [0, 0.05) is 10.0 Å². The monoisotopic (exact) mass is 315 g/mol. The van der Waals surface area contributed by atoms with E-state index >= 15 is 0 Å². The molecule has 3 N–H and O–H groups in total. The number of aromatic nitrogens is 2. The standard InChI is InChI=1S/C14H10BrN3O/c15-11-6-5-10(8-3-1-2-4-9(8)11)12-7-13(14(16)19)18-17-12/h1-7H,(H2,16,19)(H,17,18). The second kappa shape index (κ2) is 4.51. The third-order valence-electron chi connectivity index (χ3n) is 2.99. The average Bonchev–Trinajstić information content (AvgIpc) is 2.89. The molecule has 19 heavy (non-hydrogen) atoms. The van der Waals surface area contributed by atoms with Gasteiger partial charge in [0.2, 0.25) is 0 Å². The van der Waals surface area contributed by atoms with Gasteiger partial charge in [-0.15, -0.1) is 0 Å². The average molecular weight is 316 g/mol. The molecule has 0 radical (unpaired) electrons. The molecule has 0 unspecified atom stereocenters. The van der Waals surface area contributed by atoms with Gasteiger partial charge in [-0.1, -0.05) is 46.3 Å². The number of fused-ring (bicyclic) bond motifs is 1. The van der Waals surface area contributed by atoms with Crippen LogP contribution in [-0.4, -0.2) is 16.1 Å². The maximum Gasteiger partial charge on any atom is 0.266 e. The van der Waals surface area contributed by atoms with Gasteiger partial charge in [0.15, 0.2) is 0 Å². The van der Waals surface area contributed by atoms with Gasteiger partial charge in [0.25, 0.3) is 5.91 Å². The summed E-state index contributed by atoms with van der Waals surface area (Å²) < 4.78 is 1.03. The van der Waals surface area contributed by atoms with E-state index in [1.165, 1.54) is 0 Å². The number of hydrogen-bond donors (Lipinski definition) is 2. The van der Waals surface area contributed by atoms with Crippen molar-refractivity contribution in [2.24, 2.45) is 5.73 Å². The molecule has 1 heterocycles. The molecule has 0 spiro atoms. The van der Waals surface area contributed by atoms with Crippen LogP contribution in [0, 0.1) is 0 Å². The fourth-order valence-electron chi connectivity index (χ4n) is 2.07. The van der Waals surface area contributed by atoms with Crippen LogP contribution in [0.1, 0.15) is 10.5 Å². The Morgan fingerprint density at radius 3 is 2.58 bits per heavy atom. The SMILES string of the molecule is NC(=O)c1cc(-c2ccc(Br)c3ccccc23)n[nH]1. The predicted octanol–water partition coefficient (Wildman–Crippen LogP) is 3.09. The number of H-pyrrole nitrogens is 1. The zero-order valence-electron chi connectivity index (χ0n) is 9.85. The van der Waals surface area contributed by atoms with Crippen LogP contribution < -0.4 is 5.73 Å². The number of rotatable bonds is 2. The van der Waals surface area contributed by atoms with Gasteiger partial charge in [-0.3, -0.25) is 9.89 Å². The van der Waals surface area contributed by atoms with Gasteiger partial charge < -0.3 is 5.73 Å². The lowest BCUT2D eigenvalue weighted by Crippen LogP contribution is -2.10. The van der Waals surface area contributed by atoms with E-state index in [0.717, 1.165) is 20.8 Å². The molecule has 0 bridgehead atoms. The Morgan fingerprint density at radius 1 is 1.16 bits per heavy atom. The van der Waals surface area contributed by atoms with Crippen molar-refractivity contribution in [2.75, 3.05) is 0 Å². The Balaban J connectivity index is 2.24. The minimum atomic E-state index is -0.514. The third kappa shape index (κ3) is 2.02. The first-order valence-corrected chi connectivity index (χ1v) is 6.49. The Kier molecular flexibility index (Phi) is 2.83. The first-order valence-electron chi connectivity index (χ1n) is 5.69. The van der Waals surface area contributed by atoms with Gasteiger partial charge in [0.1, 0.15) is 5.69 Å². The number of primary amides is 1. The van der Waals surface area contributed by atoms with E-state index in [0.29, 0.717) is 11.4 Å². The fourth-order valence-corrected chi connectivity index (χ4v) is 2.55. The smallest absolute Gasteiger partial charge is 0.266 e. The van der Waals surface area contributed by atoms with Crippen molar-refractivity contribution in [1.29, 1.82) is 0 Å². The molecule has 5 heteroatoms. The molecule has 3 aromatic rings. The molecule has 0 fully saturated rings. The molecule has 1 aromatic heterocycles. The second-order valence-electron chi connectivity index (χ2n) is 4.17. The van der Waals surface area contributed by atoms with E-state index in [4.69, 9.17) is 5.73 Å². The Hall–Kier alpha value is -2.14. The highest BCUT2D eigenvalue weighted by Crippen LogP contribution is 2.32. The van der Waals surface area contributed by atoms with Crippen molar-refractivity contribution >= 4 is 32.6 Å². The highest BCUT2D eigenvalue weighted by molar-refractivity contribution is 9.10. The fraction of sp³-hybridized carbons (Fsp3) is 0. The van der Waals surface area contributed by atoms with Crippen molar-refractivity contribution in [3.8, 4) is 11.3 Å². The van der Waals surface area contributed by atoms with Crippen LogP contribution in [0.5, 0.6) is 0 Å². The van der Waals surface area contributed by atoms with Gasteiger partial charge >= 0.3 is 0 Å². The zero-order chi connectivity index (χ0) is 13.4. The molecule has 0 saturated heterocycles. The Morgan fingerprint density at radius 2 is 1.89 bits per heavy atom. The summed E-state index contributed by atoms with van der Waals surface area (Å²) in [6, 6.07) is 13.6. The number of nitrogens with zero attached hydrogens (tertiary/aromatic N) is 1. The highest BCUT2D eigenvalue weighted by Gasteiger charge is 2.11. The number of nitrogens with two attached hydrogens (primary N) is 1. The number of carbonyl (C=O) groups is 1. The zero-order valence-corrected chi connectivity index (χ0v) is 11.4. The van der Waals surface area contributed by atoms with Crippen LogP contribution in [-0.2, 0) is 0 Å². The maximum atomic E-state index is 11.1. The van der Waals surface area contributed by atoms with Gasteiger partial charge in [-0.2, -0.15) is 5.10 Å². The molecular formula is C14H10BrN3O. The van der Waals surface area contributed by atoms with Crippen LogP contribution in [0.4, 0.5) is 0 Å². The van der Waals surface area contributed by atoms with Crippen LogP contribution in [0.25, 0.3) is 22.0 Å². The summed E-state index contributed by atoms with van der Waals surface area (Å²) in [5, 5.41) is 8.96. The van der Waals surface area contributed by atoms with E-state index in [1.54, 1.807) is 6.07 Å². The van der Waals surface area contributed by atoms with Gasteiger partial charge in [-0.05, 0) is 22.9 Å². The van der Waals surface area contributed by atoms with E-state index in [1.807, 2.05) is 36.4 Å². The molecule has 94 valence electrons. The molecular weight excluding hydrogens is 306 g/mol. The molecule has 3 rings (SSSR count). The number of hydrogen-bond acceptors (Lipinski definition) is 2. The third-order valence-corrected chi connectivity index (χ3v) is 3.68. The maximum absolute atomic E-state index is 11.1. The first kappa shape index (κ1) is 11.9. The molecule has 0 aliphatic rings. The van der Waals surface area contributed by atoms with Crippen LogP contribution in [0.15, 0.2) is 46.9 Å². The number of carbonyl (C=O) groups excluding carboxylic acids is 1. The van der Waals surface area contributed by atoms with Crippen molar-refractivity contribution < 1.29 is 4.79 Å². The topological polar surface area (TPSA) is 71.8 Å². The highest BCUT2D eigenvalue weighted by atomic mass is 79.9. The molecule has 1 amide bonds. The molecule has 0 aliphatic carbocycles. The lowest BCUT2D eigenvalue weighted by atomic mass is 10.0. The lowest BCUT2D eigenvalue weighted by molar-refractivity contribution is 0.0995. The number of halogens is 1. The summed E-state index contributed by atoms with van der Waals surface area (Å²) in [6.07, 6.45) is 0. The molecule has 0 atom stereocenters. The van der Waals surface area contributed by atoms with Crippen molar-refractivity contribution in [2.45, 2.75) is 0 Å². The first-order chi connectivity index (χ1) is 9.16. The second-order valence-corrected chi connectivity index (χ2v) is 5.03. The van der Waals surface area contributed by atoms with Crippen molar-refractivity contribution in [1.82, 2.24) is 10.2 Å². The molecule has 2 aromatic carbocycles. The van der Waals surface area contributed by atoms with E-state index < -0.39 is 5.91 Å². The number of aromatic amines is 1. The number of benzene rings is 2. The minimum absolute atomic E-state index is 0.307. The summed E-state index contributed by atoms with van der Waals surface area (Å²) >= 11 is 3.53. The van der Waals surface area contributed by atoms with Crippen LogP contribution in [0.2, 0.25) is 0 Å². The number of nitrogens with one attached hydrogen (secondary N) is 1. The van der Waals surface area contributed by atoms with Crippen molar-refractivity contribution in [3.63, 3.8) is 0 Å². The van der Waals surface area contributed by atoms with E-state index in [9.17, 15) is 4.79 Å². The quantitative estimate of drug-likeness (QED) is 0.762. The Bertz CT molecular complexity index is 779. The normalized spacial score (nSPS) is 10.8. The van der Waals surface area contributed by atoms with E-state index in [2.05, 4.69) is 26.1 Å². The molecule has 0 saturated carbocycles.